The van der Waals surface area contributed by atoms with Crippen molar-refractivity contribution < 1.29 is 28.6 Å². The van der Waals surface area contributed by atoms with Crippen molar-refractivity contribution in [3.63, 3.8) is 0 Å². The lowest BCUT2D eigenvalue weighted by Gasteiger charge is -2.36. The number of hydrogen-bond donors (Lipinski definition) is 0. The molecule has 7 heteroatoms. The molecule has 0 saturated carbocycles. The third-order valence-electron chi connectivity index (χ3n) is 5.77. The van der Waals surface area contributed by atoms with Gasteiger partial charge in [0.2, 0.25) is 0 Å². The minimum Gasteiger partial charge on any atom is -0.463 e. The number of carbonyl (C=O) groups is 3. The van der Waals surface area contributed by atoms with E-state index in [1.54, 1.807) is 32.6 Å². The van der Waals surface area contributed by atoms with Crippen molar-refractivity contribution >= 4 is 23.6 Å². The number of allylic oxidation sites excluding steroid dienone is 2. The van der Waals surface area contributed by atoms with Crippen LogP contribution in [0.3, 0.4) is 0 Å². The Hall–Kier alpha value is -3.87. The average molecular weight is 478 g/mol. The molecule has 0 saturated heterocycles. The van der Waals surface area contributed by atoms with Gasteiger partial charge in [-0.2, -0.15) is 0 Å². The number of ether oxygens (including phenoxy) is 3. The van der Waals surface area contributed by atoms with Gasteiger partial charge in [0.15, 0.2) is 0 Å². The van der Waals surface area contributed by atoms with Crippen LogP contribution in [0.4, 0.5) is 5.69 Å². The van der Waals surface area contributed by atoms with Gasteiger partial charge in [0.25, 0.3) is 0 Å². The lowest BCUT2D eigenvalue weighted by molar-refractivity contribution is -0.152. The van der Waals surface area contributed by atoms with Gasteiger partial charge >= 0.3 is 17.9 Å². The van der Waals surface area contributed by atoms with Crippen LogP contribution in [0, 0.1) is 12.8 Å². The third-order valence-corrected chi connectivity index (χ3v) is 5.77. The fourth-order valence-electron chi connectivity index (χ4n) is 4.13. The quantitative estimate of drug-likeness (QED) is 0.397. The molecule has 1 aliphatic rings. The lowest BCUT2D eigenvalue weighted by Crippen LogP contribution is -2.40. The Balaban J connectivity index is 2.14. The van der Waals surface area contributed by atoms with Crippen molar-refractivity contribution in [1.82, 2.24) is 0 Å². The molecule has 0 atom stereocenters. The normalized spacial score (nSPS) is 14.1. The second-order valence-corrected chi connectivity index (χ2v) is 8.14. The molecule has 0 aliphatic carbocycles. The monoisotopic (exact) mass is 477 g/mol. The summed E-state index contributed by atoms with van der Waals surface area (Å²) in [6.07, 6.45) is 0. The van der Waals surface area contributed by atoms with E-state index < -0.39 is 23.8 Å². The molecule has 0 unspecified atom stereocenters. The summed E-state index contributed by atoms with van der Waals surface area (Å²) < 4.78 is 16.2. The van der Waals surface area contributed by atoms with Crippen LogP contribution in [0.1, 0.15) is 38.8 Å². The summed E-state index contributed by atoms with van der Waals surface area (Å²) in [6.45, 7) is 9.03. The summed E-state index contributed by atoms with van der Waals surface area (Å²) in [6, 6.07) is 16.8. The molecule has 35 heavy (non-hydrogen) atoms. The van der Waals surface area contributed by atoms with E-state index in [1.807, 2.05) is 61.5 Å². The van der Waals surface area contributed by atoms with Crippen LogP contribution in [0.2, 0.25) is 0 Å². The van der Waals surface area contributed by atoms with E-state index in [1.165, 1.54) is 0 Å². The smallest absolute Gasteiger partial charge is 0.337 e. The van der Waals surface area contributed by atoms with Crippen LogP contribution in [0.25, 0.3) is 0 Å². The summed E-state index contributed by atoms with van der Waals surface area (Å²) in [5.74, 6) is -3.36. The molecule has 0 N–H and O–H groups in total. The van der Waals surface area contributed by atoms with Crippen molar-refractivity contribution in [1.29, 1.82) is 0 Å². The van der Waals surface area contributed by atoms with E-state index in [0.717, 1.165) is 16.8 Å². The van der Waals surface area contributed by atoms with Gasteiger partial charge in [0.1, 0.15) is 12.5 Å². The lowest BCUT2D eigenvalue weighted by atomic mass is 9.84. The van der Waals surface area contributed by atoms with E-state index in [2.05, 4.69) is 0 Å². The minimum atomic E-state index is -1.28. The average Bonchev–Trinajstić information content (AvgIpc) is 2.84. The molecule has 0 bridgehead atoms. The molecule has 0 radical (unpaired) electrons. The number of rotatable bonds is 8. The number of anilines is 1. The highest BCUT2D eigenvalue weighted by Crippen LogP contribution is 2.40. The van der Waals surface area contributed by atoms with Crippen molar-refractivity contribution in [2.45, 2.75) is 41.2 Å². The number of hydrogen-bond acceptors (Lipinski definition) is 7. The van der Waals surface area contributed by atoms with Gasteiger partial charge in [-0.05, 0) is 52.3 Å². The van der Waals surface area contributed by atoms with Crippen LogP contribution in [-0.4, -0.2) is 31.1 Å². The molecule has 1 aliphatic heterocycles. The molecular formula is C28H31NO6. The number of benzene rings is 2. The summed E-state index contributed by atoms with van der Waals surface area (Å²) >= 11 is 0. The first-order valence-corrected chi connectivity index (χ1v) is 11.6. The van der Waals surface area contributed by atoms with Crippen molar-refractivity contribution in [2.24, 2.45) is 5.92 Å². The van der Waals surface area contributed by atoms with Crippen LogP contribution in [0.15, 0.2) is 77.1 Å². The maximum atomic E-state index is 13.5. The molecule has 184 valence electrons. The van der Waals surface area contributed by atoms with Crippen molar-refractivity contribution in [3.05, 3.63) is 88.3 Å². The maximum Gasteiger partial charge on any atom is 0.337 e. The van der Waals surface area contributed by atoms with Crippen LogP contribution in [-0.2, 0) is 35.2 Å². The number of carbonyl (C=O) groups excluding carboxylic acids is 3. The number of aryl methyl sites for hydroxylation is 1. The molecule has 2 aromatic carbocycles. The molecular weight excluding hydrogens is 446 g/mol. The largest absolute Gasteiger partial charge is 0.463 e. The Morgan fingerprint density at radius 1 is 0.743 bits per heavy atom. The standard InChI is InChI=1S/C28H31NO6/c1-6-33-26(30)23-19(4)29(22-15-13-18(3)14-16-22)20(5)24(27(31)34-7-2)25(23)28(32)35-17-21-11-9-8-10-12-21/h8-16,25H,6-7,17H2,1-5H3. The Labute approximate surface area is 206 Å². The molecule has 2 aromatic rings. The van der Waals surface area contributed by atoms with Gasteiger partial charge in [0.05, 0.1) is 24.4 Å². The Kier molecular flexibility index (Phi) is 8.47. The fourth-order valence-corrected chi connectivity index (χ4v) is 4.13. The summed E-state index contributed by atoms with van der Waals surface area (Å²) in [7, 11) is 0. The van der Waals surface area contributed by atoms with Crippen LogP contribution in [0.5, 0.6) is 0 Å². The molecule has 0 spiro atoms. The Morgan fingerprint density at radius 2 is 1.26 bits per heavy atom. The van der Waals surface area contributed by atoms with Gasteiger partial charge in [-0.25, -0.2) is 9.59 Å². The van der Waals surface area contributed by atoms with Crippen LogP contribution < -0.4 is 4.90 Å². The second-order valence-electron chi connectivity index (χ2n) is 8.14. The zero-order valence-corrected chi connectivity index (χ0v) is 20.8. The van der Waals surface area contributed by atoms with Crippen LogP contribution >= 0.6 is 0 Å². The first-order valence-electron chi connectivity index (χ1n) is 11.6. The third kappa shape index (κ3) is 5.62. The predicted molar refractivity (Wildman–Crippen MR) is 132 cm³/mol. The highest BCUT2D eigenvalue weighted by Gasteiger charge is 2.45. The highest BCUT2D eigenvalue weighted by atomic mass is 16.5. The minimum absolute atomic E-state index is 0.00214. The van der Waals surface area contributed by atoms with Crippen molar-refractivity contribution in [2.75, 3.05) is 18.1 Å². The fraction of sp³-hybridized carbons (Fsp3) is 0.321. The van der Waals surface area contributed by atoms with Crippen molar-refractivity contribution in [3.8, 4) is 0 Å². The first-order chi connectivity index (χ1) is 16.8. The number of esters is 3. The molecule has 0 fully saturated rings. The molecule has 1 heterocycles. The molecule has 7 nitrogen and oxygen atoms in total. The van der Waals surface area contributed by atoms with Gasteiger partial charge < -0.3 is 19.1 Å². The highest BCUT2D eigenvalue weighted by molar-refractivity contribution is 6.07. The summed E-state index contributed by atoms with van der Waals surface area (Å²) in [4.78, 5) is 41.6. The van der Waals surface area contributed by atoms with E-state index >= 15 is 0 Å². The van der Waals surface area contributed by atoms with Gasteiger partial charge in [0, 0.05) is 17.1 Å². The van der Waals surface area contributed by atoms with Gasteiger partial charge in [-0.15, -0.1) is 0 Å². The SMILES string of the molecule is CCOC(=O)C1=C(C)N(c2ccc(C)cc2)C(C)=C(C(=O)OCC)C1C(=O)OCc1ccccc1. The Morgan fingerprint density at radius 3 is 1.74 bits per heavy atom. The Bertz CT molecular complexity index is 1110. The topological polar surface area (TPSA) is 82.1 Å². The molecule has 0 aromatic heterocycles. The predicted octanol–water partition coefficient (Wildman–Crippen LogP) is 4.85. The molecule has 0 amide bonds. The zero-order valence-electron chi connectivity index (χ0n) is 20.8. The van der Waals surface area contributed by atoms with E-state index in [4.69, 9.17) is 14.2 Å². The van der Waals surface area contributed by atoms with E-state index in [-0.39, 0.29) is 31.0 Å². The second kappa shape index (κ2) is 11.5. The van der Waals surface area contributed by atoms with E-state index in [0.29, 0.717) is 11.4 Å². The zero-order chi connectivity index (χ0) is 25.5. The number of nitrogens with zero attached hydrogens (tertiary/aromatic N) is 1. The van der Waals surface area contributed by atoms with Gasteiger partial charge in [-0.3, -0.25) is 4.79 Å². The van der Waals surface area contributed by atoms with E-state index in [9.17, 15) is 14.4 Å². The maximum absolute atomic E-state index is 13.5. The van der Waals surface area contributed by atoms with Gasteiger partial charge in [-0.1, -0.05) is 48.0 Å². The summed E-state index contributed by atoms with van der Waals surface area (Å²) in [5, 5.41) is 0. The molecule has 3 rings (SSSR count). The summed E-state index contributed by atoms with van der Waals surface area (Å²) in [5.41, 5.74) is 3.67. The first kappa shape index (κ1) is 25.7.